The summed E-state index contributed by atoms with van der Waals surface area (Å²) < 4.78 is 5.00. The van der Waals surface area contributed by atoms with Crippen LogP contribution in [-0.2, 0) is 4.74 Å². The van der Waals surface area contributed by atoms with Crippen molar-refractivity contribution in [2.45, 2.75) is 45.2 Å². The number of rotatable bonds is 1. The van der Waals surface area contributed by atoms with Crippen molar-refractivity contribution in [3.8, 4) is 0 Å². The van der Waals surface area contributed by atoms with Crippen LogP contribution in [0.5, 0.6) is 0 Å². The molecular weight excluding hydrogens is 212 g/mol. The number of hydrogen-bond acceptors (Lipinski definition) is 3. The second-order valence-electron chi connectivity index (χ2n) is 4.87. The molecule has 5 heteroatoms. The summed E-state index contributed by atoms with van der Waals surface area (Å²) in [6, 6.07) is 0.458. The van der Waals surface area contributed by atoms with Gasteiger partial charge in [-0.1, -0.05) is 0 Å². The number of carbonyl (C=O) groups excluding carboxylic acids is 1. The van der Waals surface area contributed by atoms with Crippen molar-refractivity contribution in [1.82, 2.24) is 10.2 Å². The topological polar surface area (TPSA) is 41.6 Å². The van der Waals surface area contributed by atoms with Crippen LogP contribution in [0.15, 0.2) is 0 Å². The van der Waals surface area contributed by atoms with Gasteiger partial charge in [0.25, 0.3) is 5.17 Å². The third kappa shape index (κ3) is 4.46. The van der Waals surface area contributed by atoms with E-state index >= 15 is 0 Å². The van der Waals surface area contributed by atoms with Crippen LogP contribution in [0.2, 0.25) is 0 Å². The number of hydrogen-bond donors (Lipinski definition) is 1. The molecule has 0 aromatic heterocycles. The average Bonchev–Trinajstić information content (AvgIpc) is 2.80. The van der Waals surface area contributed by atoms with Gasteiger partial charge in [-0.05, 0) is 45.8 Å². The number of alkyl carbamates (subject to hydrolysis) is 1. The zero-order valence-corrected chi connectivity index (χ0v) is 10.5. The molecule has 0 atom stereocenters. The first kappa shape index (κ1) is 12.2. The third-order valence-electron chi connectivity index (χ3n) is 2.04. The van der Waals surface area contributed by atoms with E-state index in [-0.39, 0.29) is 10.7 Å². The Morgan fingerprint density at radius 2 is 2.00 bits per heavy atom. The van der Waals surface area contributed by atoms with Crippen LogP contribution in [0.3, 0.4) is 0 Å². The van der Waals surface area contributed by atoms with Crippen LogP contribution < -0.4 is 5.32 Å². The maximum atomic E-state index is 11.4. The van der Waals surface area contributed by atoms with Crippen molar-refractivity contribution in [1.29, 1.82) is 0 Å². The van der Waals surface area contributed by atoms with Gasteiger partial charge in [0.2, 0.25) is 0 Å². The molecule has 0 saturated heterocycles. The van der Waals surface area contributed by atoms with Gasteiger partial charge in [0.05, 0.1) is 0 Å². The molecule has 0 heterocycles. The third-order valence-corrected chi connectivity index (χ3v) is 2.41. The maximum Gasteiger partial charge on any atom is 0.414 e. The Bertz CT molecular complexity index is 269. The lowest BCUT2D eigenvalue weighted by atomic mass is 10.1. The van der Waals surface area contributed by atoms with Crippen molar-refractivity contribution >= 4 is 23.5 Å². The minimum absolute atomic E-state index is 0.249. The van der Waals surface area contributed by atoms with Gasteiger partial charge in [0, 0.05) is 18.6 Å². The molecule has 1 amide bonds. The number of nitrogens with one attached hydrogen (secondary N) is 1. The SMILES string of the molecule is CN(C(=S)OC(=O)NC(C)(C)C)C1CC1. The van der Waals surface area contributed by atoms with E-state index in [0.717, 1.165) is 12.8 Å². The van der Waals surface area contributed by atoms with E-state index in [1.54, 1.807) is 0 Å². The van der Waals surface area contributed by atoms with E-state index in [1.807, 2.05) is 32.7 Å². The normalized spacial score (nSPS) is 15.7. The number of carbonyl (C=O) groups is 1. The summed E-state index contributed by atoms with van der Waals surface area (Å²) in [7, 11) is 1.85. The van der Waals surface area contributed by atoms with Gasteiger partial charge in [0.15, 0.2) is 0 Å². The molecule has 1 rings (SSSR count). The predicted molar refractivity (Wildman–Crippen MR) is 62.8 cm³/mol. The van der Waals surface area contributed by atoms with Gasteiger partial charge in [0.1, 0.15) is 0 Å². The Morgan fingerprint density at radius 3 is 2.40 bits per heavy atom. The van der Waals surface area contributed by atoms with Crippen molar-refractivity contribution in [3.63, 3.8) is 0 Å². The highest BCUT2D eigenvalue weighted by molar-refractivity contribution is 7.80. The van der Waals surface area contributed by atoms with Crippen LogP contribution >= 0.6 is 12.2 Å². The van der Waals surface area contributed by atoms with Gasteiger partial charge >= 0.3 is 6.09 Å². The molecule has 4 nitrogen and oxygen atoms in total. The van der Waals surface area contributed by atoms with E-state index in [4.69, 9.17) is 17.0 Å². The van der Waals surface area contributed by atoms with E-state index in [1.165, 1.54) is 0 Å². The minimum atomic E-state index is -0.486. The number of nitrogens with zero attached hydrogens (tertiary/aromatic N) is 1. The quantitative estimate of drug-likeness (QED) is 0.698. The lowest BCUT2D eigenvalue weighted by molar-refractivity contribution is 0.180. The first-order chi connectivity index (χ1) is 6.79. The van der Waals surface area contributed by atoms with Crippen molar-refractivity contribution < 1.29 is 9.53 Å². The zero-order valence-electron chi connectivity index (χ0n) is 9.66. The number of thiocarbonyl (C=S) groups is 1. The summed E-state index contributed by atoms with van der Waals surface area (Å²) in [6.45, 7) is 5.67. The van der Waals surface area contributed by atoms with Gasteiger partial charge in [-0.15, -0.1) is 0 Å². The zero-order chi connectivity index (χ0) is 11.6. The van der Waals surface area contributed by atoms with Crippen LogP contribution in [0.25, 0.3) is 0 Å². The highest BCUT2D eigenvalue weighted by Crippen LogP contribution is 2.25. The summed E-state index contributed by atoms with van der Waals surface area (Å²) in [5.41, 5.74) is -0.301. The second kappa shape index (κ2) is 4.35. The largest absolute Gasteiger partial charge is 0.414 e. The fourth-order valence-electron chi connectivity index (χ4n) is 1.09. The number of amides is 1. The molecule has 0 radical (unpaired) electrons. The molecule has 1 saturated carbocycles. The molecule has 0 spiro atoms. The van der Waals surface area contributed by atoms with Crippen molar-refractivity contribution in [2.75, 3.05) is 7.05 Å². The molecule has 1 aliphatic rings. The van der Waals surface area contributed by atoms with Gasteiger partial charge < -0.3 is 15.0 Å². The Balaban J connectivity index is 2.34. The van der Waals surface area contributed by atoms with Gasteiger partial charge in [-0.25, -0.2) is 4.79 Å². The molecule has 0 aromatic rings. The van der Waals surface area contributed by atoms with Crippen LogP contribution in [-0.4, -0.2) is 34.8 Å². The Hall–Kier alpha value is -0.840. The summed E-state index contributed by atoms with van der Waals surface area (Å²) in [6.07, 6.45) is 1.77. The lowest BCUT2D eigenvalue weighted by Gasteiger charge is -2.22. The van der Waals surface area contributed by atoms with Gasteiger partial charge in [-0.3, -0.25) is 0 Å². The standard InChI is InChI=1S/C10H18N2O2S/c1-10(2,3)11-8(13)14-9(15)12(4)7-5-6-7/h7H,5-6H2,1-4H3,(H,11,13). The van der Waals surface area contributed by atoms with Crippen LogP contribution in [0, 0.1) is 0 Å². The Morgan fingerprint density at radius 1 is 1.47 bits per heavy atom. The molecule has 0 unspecified atom stereocenters. The lowest BCUT2D eigenvalue weighted by Crippen LogP contribution is -2.43. The van der Waals surface area contributed by atoms with Gasteiger partial charge in [-0.2, -0.15) is 0 Å². The predicted octanol–water partition coefficient (Wildman–Crippen LogP) is 1.89. The number of ether oxygens (including phenoxy) is 1. The van der Waals surface area contributed by atoms with Crippen LogP contribution in [0.1, 0.15) is 33.6 Å². The van der Waals surface area contributed by atoms with E-state index in [2.05, 4.69) is 5.32 Å². The summed E-state index contributed by atoms with van der Waals surface area (Å²) in [4.78, 5) is 13.2. The fraction of sp³-hybridized carbons (Fsp3) is 0.800. The molecule has 0 aliphatic heterocycles. The molecule has 0 bridgehead atoms. The van der Waals surface area contributed by atoms with Crippen molar-refractivity contribution in [3.05, 3.63) is 0 Å². The first-order valence-corrected chi connectivity index (χ1v) is 5.47. The second-order valence-corrected chi connectivity index (χ2v) is 5.22. The van der Waals surface area contributed by atoms with Crippen LogP contribution in [0.4, 0.5) is 4.79 Å². The van der Waals surface area contributed by atoms with E-state index in [0.29, 0.717) is 6.04 Å². The Labute approximate surface area is 96.0 Å². The fourth-order valence-corrected chi connectivity index (χ4v) is 1.32. The molecule has 86 valence electrons. The molecular formula is C10H18N2O2S. The minimum Gasteiger partial charge on any atom is -0.383 e. The molecule has 1 fully saturated rings. The van der Waals surface area contributed by atoms with Crippen molar-refractivity contribution in [2.24, 2.45) is 0 Å². The smallest absolute Gasteiger partial charge is 0.383 e. The average molecular weight is 230 g/mol. The summed E-state index contributed by atoms with van der Waals surface area (Å²) in [5, 5.41) is 2.94. The molecule has 15 heavy (non-hydrogen) atoms. The monoisotopic (exact) mass is 230 g/mol. The summed E-state index contributed by atoms with van der Waals surface area (Å²) in [5.74, 6) is 0. The molecule has 0 aromatic carbocycles. The van der Waals surface area contributed by atoms with E-state index in [9.17, 15) is 4.79 Å². The molecule has 1 N–H and O–H groups in total. The highest BCUT2D eigenvalue weighted by Gasteiger charge is 2.29. The first-order valence-electron chi connectivity index (χ1n) is 5.06. The summed E-state index contributed by atoms with van der Waals surface area (Å²) >= 11 is 5.00. The Kier molecular flexibility index (Phi) is 3.54. The highest BCUT2D eigenvalue weighted by atomic mass is 32.1. The molecule has 1 aliphatic carbocycles. The van der Waals surface area contributed by atoms with E-state index < -0.39 is 6.09 Å². The maximum absolute atomic E-state index is 11.4.